The monoisotopic (exact) mass is 541 g/mol. The van der Waals surface area contributed by atoms with Gasteiger partial charge in [-0.3, -0.25) is 0 Å². The Morgan fingerprint density at radius 3 is 2.68 bits per heavy atom. The number of nitrogens with one attached hydrogen (secondary N) is 1. The minimum Gasteiger partial charge on any atom is -0.444 e. The molecule has 0 aliphatic heterocycles. The van der Waals surface area contributed by atoms with Gasteiger partial charge in [0.1, 0.15) is 18.0 Å². The molecule has 4 rings (SSSR count). The molecule has 3 heterocycles. The molecule has 1 N–H and O–H groups in total. The largest absolute Gasteiger partial charge is 0.444 e. The van der Waals surface area contributed by atoms with Crippen LogP contribution in [0.5, 0.6) is 0 Å². The van der Waals surface area contributed by atoms with Gasteiger partial charge in [0.15, 0.2) is 0 Å². The van der Waals surface area contributed by atoms with Gasteiger partial charge in [0, 0.05) is 45.6 Å². The number of allylic oxidation sites excluding steroid dienone is 1. The van der Waals surface area contributed by atoms with Gasteiger partial charge in [0.25, 0.3) is 5.89 Å². The van der Waals surface area contributed by atoms with Crippen LogP contribution in [0.15, 0.2) is 33.7 Å². The lowest BCUT2D eigenvalue weighted by Crippen LogP contribution is -2.39. The Morgan fingerprint density at radius 2 is 2.03 bits per heavy atom. The number of alkyl carbamates (subject to hydrolysis) is 1. The van der Waals surface area contributed by atoms with Crippen LogP contribution >= 0.6 is 0 Å². The van der Waals surface area contributed by atoms with Gasteiger partial charge in [0.2, 0.25) is 0 Å². The lowest BCUT2D eigenvalue weighted by Gasteiger charge is -2.26. The Hall–Kier alpha value is -3.18. The molecule has 0 aromatic carbocycles. The molecule has 11 heteroatoms. The summed E-state index contributed by atoms with van der Waals surface area (Å²) in [5, 5.41) is 8.17. The van der Waals surface area contributed by atoms with Crippen LogP contribution in [0.25, 0.3) is 28.1 Å². The number of rotatable bonds is 8. The summed E-state index contributed by atoms with van der Waals surface area (Å²) in [4.78, 5) is 29.2. The number of fused-ring (bicyclic) bond motifs is 1. The summed E-state index contributed by atoms with van der Waals surface area (Å²) in [5.74, 6) is -0.298. The number of nitrogens with zero attached hydrogens (tertiary/aromatic N) is 4. The van der Waals surface area contributed by atoms with Crippen LogP contribution in [0, 0.1) is 0 Å². The van der Waals surface area contributed by atoms with E-state index >= 15 is 0 Å². The quantitative estimate of drug-likeness (QED) is 0.309. The first kappa shape index (κ1) is 27.8. The highest BCUT2D eigenvalue weighted by molar-refractivity contribution is 6.76. The molecule has 1 aliphatic carbocycles. The predicted molar refractivity (Wildman–Crippen MR) is 150 cm³/mol. The van der Waals surface area contributed by atoms with Gasteiger partial charge in [-0.15, -0.1) is 5.10 Å². The average molecular weight is 542 g/mol. The van der Waals surface area contributed by atoms with Crippen molar-refractivity contribution in [3.63, 3.8) is 0 Å². The first-order valence-electron chi connectivity index (χ1n) is 13.1. The first-order chi connectivity index (χ1) is 17.8. The topological polar surface area (TPSA) is 113 Å². The Balaban J connectivity index is 1.67. The lowest BCUT2D eigenvalue weighted by atomic mass is 9.88. The Morgan fingerprint density at radius 1 is 1.26 bits per heavy atom. The number of hydrogen-bond acceptors (Lipinski definition) is 7. The van der Waals surface area contributed by atoms with E-state index in [4.69, 9.17) is 13.9 Å². The minimum atomic E-state index is -1.22. The smallest absolute Gasteiger partial charge is 0.437 e. The molecule has 206 valence electrons. The van der Waals surface area contributed by atoms with Crippen molar-refractivity contribution >= 4 is 30.8 Å². The second-order valence-electron chi connectivity index (χ2n) is 12.1. The van der Waals surface area contributed by atoms with Gasteiger partial charge in [0.05, 0.1) is 5.56 Å². The molecule has 0 saturated heterocycles. The van der Waals surface area contributed by atoms with Crippen molar-refractivity contribution < 1.29 is 18.7 Å². The molecule has 1 aliphatic rings. The molecular formula is C27H39N5O5Si. The van der Waals surface area contributed by atoms with E-state index in [1.165, 1.54) is 4.68 Å². The molecular weight excluding hydrogens is 502 g/mol. The van der Waals surface area contributed by atoms with Gasteiger partial charge in [-0.25, -0.2) is 14.6 Å². The van der Waals surface area contributed by atoms with Crippen molar-refractivity contribution in [2.45, 2.75) is 84.1 Å². The van der Waals surface area contributed by atoms with Crippen LogP contribution in [0.4, 0.5) is 4.79 Å². The molecule has 0 bridgehead atoms. The van der Waals surface area contributed by atoms with Crippen LogP contribution in [0.1, 0.15) is 45.6 Å². The molecule has 0 radical (unpaired) electrons. The number of carbonyl (C=O) groups excluding carboxylic acids is 1. The van der Waals surface area contributed by atoms with Crippen molar-refractivity contribution in [2.75, 3.05) is 6.61 Å². The Kier molecular flexibility index (Phi) is 7.98. The van der Waals surface area contributed by atoms with Crippen molar-refractivity contribution in [3.05, 3.63) is 40.7 Å². The highest BCUT2D eigenvalue weighted by Crippen LogP contribution is 2.37. The van der Waals surface area contributed by atoms with Gasteiger partial charge in [-0.05, 0) is 63.3 Å². The van der Waals surface area contributed by atoms with E-state index in [9.17, 15) is 9.59 Å². The second kappa shape index (κ2) is 10.9. The number of aryl methyl sites for hydroxylation is 1. The van der Waals surface area contributed by atoms with Crippen LogP contribution in [0.3, 0.4) is 0 Å². The van der Waals surface area contributed by atoms with E-state index in [1.54, 1.807) is 13.2 Å². The SMILES string of the molecule is Cn1nc(-c2cn(COCC[Si](C)(C)C)c3nccc(C4=CCCC(NC(=O)OC(C)(C)C)C4)c23)oc1=O. The zero-order valence-corrected chi connectivity index (χ0v) is 24.5. The maximum Gasteiger partial charge on any atom is 0.437 e. The highest BCUT2D eigenvalue weighted by atomic mass is 28.3. The summed E-state index contributed by atoms with van der Waals surface area (Å²) in [5.41, 5.74) is 2.90. The maximum atomic E-state index is 12.4. The number of pyridine rings is 1. The van der Waals surface area contributed by atoms with Crippen molar-refractivity contribution in [2.24, 2.45) is 7.05 Å². The van der Waals surface area contributed by atoms with E-state index < -0.39 is 25.5 Å². The predicted octanol–water partition coefficient (Wildman–Crippen LogP) is 5.16. The number of aromatic nitrogens is 4. The Labute approximate surface area is 224 Å². The summed E-state index contributed by atoms with van der Waals surface area (Å²) < 4.78 is 20.1. The molecule has 3 aromatic rings. The molecule has 0 saturated carbocycles. The molecule has 1 unspecified atom stereocenters. The fourth-order valence-electron chi connectivity index (χ4n) is 4.47. The third-order valence-electron chi connectivity index (χ3n) is 6.34. The molecule has 1 amide bonds. The molecule has 0 spiro atoms. The van der Waals surface area contributed by atoms with Crippen LogP contribution in [-0.4, -0.2) is 51.7 Å². The Bertz CT molecular complexity index is 1390. The normalized spacial score (nSPS) is 16.5. The number of carbonyl (C=O) groups is 1. The van der Waals surface area contributed by atoms with Gasteiger partial charge in [-0.1, -0.05) is 25.7 Å². The standard InChI is InChI=1S/C27H39N5O5Si/c1-27(2,3)37-25(33)29-19-10-8-9-18(15-19)20-11-12-28-23-22(20)21(24-30-31(4)26(34)36-24)16-32(23)17-35-13-14-38(5,6)7/h9,11-12,16,19H,8,10,13-15,17H2,1-7H3,(H,29,33). The van der Waals surface area contributed by atoms with Crippen molar-refractivity contribution in [1.82, 2.24) is 24.6 Å². The molecule has 0 fully saturated rings. The number of hydrogen-bond donors (Lipinski definition) is 1. The maximum absolute atomic E-state index is 12.4. The van der Waals surface area contributed by atoms with E-state index in [-0.39, 0.29) is 11.9 Å². The van der Waals surface area contributed by atoms with Gasteiger partial charge >= 0.3 is 11.8 Å². The third kappa shape index (κ3) is 6.82. The third-order valence-corrected chi connectivity index (χ3v) is 8.05. The second-order valence-corrected chi connectivity index (χ2v) is 17.7. The number of amides is 1. The summed E-state index contributed by atoms with van der Waals surface area (Å²) in [6.45, 7) is 13.5. The summed E-state index contributed by atoms with van der Waals surface area (Å²) in [6, 6.07) is 2.97. The van der Waals surface area contributed by atoms with Crippen molar-refractivity contribution in [3.8, 4) is 11.5 Å². The highest BCUT2D eigenvalue weighted by Gasteiger charge is 2.26. The zero-order chi connectivity index (χ0) is 27.7. The van der Waals surface area contributed by atoms with Crippen molar-refractivity contribution in [1.29, 1.82) is 0 Å². The summed E-state index contributed by atoms with van der Waals surface area (Å²) in [7, 11) is 0.337. The summed E-state index contributed by atoms with van der Waals surface area (Å²) >= 11 is 0. The molecule has 1 atom stereocenters. The molecule has 38 heavy (non-hydrogen) atoms. The van der Waals surface area contributed by atoms with Gasteiger partial charge < -0.3 is 23.8 Å². The minimum absolute atomic E-state index is 0.0590. The van der Waals surface area contributed by atoms with E-state index in [0.717, 1.165) is 41.1 Å². The lowest BCUT2D eigenvalue weighted by molar-refractivity contribution is 0.0502. The van der Waals surface area contributed by atoms with Crippen LogP contribution in [-0.2, 0) is 23.3 Å². The van der Waals surface area contributed by atoms with Gasteiger partial charge in [-0.2, -0.15) is 4.68 Å². The van der Waals surface area contributed by atoms with Crippen LogP contribution < -0.4 is 11.1 Å². The zero-order valence-electron chi connectivity index (χ0n) is 23.5. The number of ether oxygens (including phenoxy) is 2. The van der Waals surface area contributed by atoms with E-state index in [2.05, 4.69) is 41.1 Å². The van der Waals surface area contributed by atoms with E-state index in [0.29, 0.717) is 25.3 Å². The average Bonchev–Trinajstić information content (AvgIpc) is 3.34. The fraction of sp³-hybridized carbons (Fsp3) is 0.556. The molecule has 10 nitrogen and oxygen atoms in total. The van der Waals surface area contributed by atoms with Crippen LogP contribution in [0.2, 0.25) is 25.7 Å². The van der Waals surface area contributed by atoms with E-state index in [1.807, 2.05) is 37.6 Å². The fourth-order valence-corrected chi connectivity index (χ4v) is 5.22. The molecule has 3 aromatic heterocycles. The summed E-state index contributed by atoms with van der Waals surface area (Å²) in [6.07, 6.45) is 7.73. The first-order valence-corrected chi connectivity index (χ1v) is 16.8.